The summed E-state index contributed by atoms with van der Waals surface area (Å²) in [5.41, 5.74) is 2.89. The number of hydrogen-bond donors (Lipinski definition) is 1. The molecule has 6 nitrogen and oxygen atoms in total. The van der Waals surface area contributed by atoms with Crippen LogP contribution in [0.5, 0.6) is 5.75 Å². The van der Waals surface area contributed by atoms with Gasteiger partial charge in [-0.15, -0.1) is 10.2 Å². The third kappa shape index (κ3) is 3.54. The molecule has 1 amide bonds. The lowest BCUT2D eigenvalue weighted by Crippen LogP contribution is -2.11. The predicted octanol–water partition coefficient (Wildman–Crippen LogP) is 3.88. The molecule has 4 aromatic rings. The first-order chi connectivity index (χ1) is 13.1. The minimum Gasteiger partial charge on any atom is -0.497 e. The molecule has 0 aliphatic rings. The molecule has 1 N–H and O–H groups in total. The highest BCUT2D eigenvalue weighted by atomic mass is 32.1. The number of carbonyl (C=O) groups is 1. The van der Waals surface area contributed by atoms with Gasteiger partial charge in [-0.05, 0) is 29.8 Å². The second-order valence-corrected chi connectivity index (χ2v) is 7.21. The Bertz CT molecular complexity index is 1120. The first-order valence-electron chi connectivity index (χ1n) is 8.45. The maximum Gasteiger partial charge on any atom is 0.257 e. The summed E-state index contributed by atoms with van der Waals surface area (Å²) in [6.07, 6.45) is 2.79. The summed E-state index contributed by atoms with van der Waals surface area (Å²) in [4.78, 5) is 12.4. The number of carbonyl (C=O) groups excluding carboxylic acids is 1. The molecule has 4 rings (SSSR count). The van der Waals surface area contributed by atoms with Gasteiger partial charge in [-0.1, -0.05) is 35.6 Å². The first kappa shape index (κ1) is 17.2. The van der Waals surface area contributed by atoms with Gasteiger partial charge in [0.1, 0.15) is 10.8 Å². The van der Waals surface area contributed by atoms with Gasteiger partial charge >= 0.3 is 0 Å². The topological polar surface area (TPSA) is 69.0 Å². The van der Waals surface area contributed by atoms with Crippen LogP contribution in [0.2, 0.25) is 0 Å². The maximum atomic E-state index is 12.4. The normalized spacial score (nSPS) is 10.9. The van der Waals surface area contributed by atoms with Crippen molar-refractivity contribution >= 4 is 33.3 Å². The second-order valence-electron chi connectivity index (χ2n) is 6.15. The van der Waals surface area contributed by atoms with E-state index in [0.29, 0.717) is 22.9 Å². The van der Waals surface area contributed by atoms with E-state index in [-0.39, 0.29) is 5.91 Å². The number of methoxy groups -OCH3 is 1. The van der Waals surface area contributed by atoms with E-state index in [2.05, 4.69) is 38.4 Å². The molecule has 0 bridgehead atoms. The molecule has 0 saturated carbocycles. The Hall–Kier alpha value is -3.19. The third-order valence-corrected chi connectivity index (χ3v) is 5.18. The Morgan fingerprint density at radius 1 is 1.19 bits per heavy atom. The van der Waals surface area contributed by atoms with Crippen LogP contribution in [0, 0.1) is 0 Å². The molecule has 27 heavy (non-hydrogen) atoms. The van der Waals surface area contributed by atoms with Crippen molar-refractivity contribution in [2.45, 2.75) is 6.42 Å². The Morgan fingerprint density at radius 3 is 2.89 bits per heavy atom. The fraction of sp³-hybridized carbons (Fsp3) is 0.150. The van der Waals surface area contributed by atoms with Crippen molar-refractivity contribution in [1.82, 2.24) is 14.8 Å². The molecule has 136 valence electrons. The second kappa shape index (κ2) is 7.20. The van der Waals surface area contributed by atoms with E-state index < -0.39 is 0 Å². The van der Waals surface area contributed by atoms with E-state index >= 15 is 0 Å². The number of ether oxygens (including phenoxy) is 1. The van der Waals surface area contributed by atoms with Gasteiger partial charge in [0.2, 0.25) is 5.13 Å². The molecule has 0 spiro atoms. The Kier molecular flexibility index (Phi) is 4.60. The lowest BCUT2D eigenvalue weighted by Gasteiger charge is -2.03. The van der Waals surface area contributed by atoms with Crippen LogP contribution in [0.25, 0.3) is 10.9 Å². The number of nitrogens with one attached hydrogen (secondary N) is 1. The van der Waals surface area contributed by atoms with Gasteiger partial charge in [0.25, 0.3) is 5.91 Å². The van der Waals surface area contributed by atoms with E-state index in [1.807, 2.05) is 19.2 Å². The van der Waals surface area contributed by atoms with Crippen molar-refractivity contribution < 1.29 is 9.53 Å². The molecule has 0 radical (unpaired) electrons. The average Bonchev–Trinajstić information content (AvgIpc) is 3.26. The lowest BCUT2D eigenvalue weighted by molar-refractivity contribution is 0.102. The molecule has 0 atom stereocenters. The molecule has 0 saturated heterocycles. The van der Waals surface area contributed by atoms with Crippen molar-refractivity contribution in [2.24, 2.45) is 7.05 Å². The number of fused-ring (bicyclic) bond motifs is 1. The fourth-order valence-corrected chi connectivity index (χ4v) is 3.80. The van der Waals surface area contributed by atoms with Gasteiger partial charge in [0.15, 0.2) is 0 Å². The SMILES string of the molecule is COc1cccc(C(=O)Nc2nnc(Cc3cn(C)c4ccccc34)s2)c1. The minimum atomic E-state index is -0.234. The molecule has 2 heterocycles. The lowest BCUT2D eigenvalue weighted by atomic mass is 10.1. The number of amides is 1. The van der Waals surface area contributed by atoms with Crippen molar-refractivity contribution in [3.05, 3.63) is 70.9 Å². The smallest absolute Gasteiger partial charge is 0.257 e. The molecule has 0 aliphatic carbocycles. The van der Waals surface area contributed by atoms with Crippen LogP contribution in [0.4, 0.5) is 5.13 Å². The van der Waals surface area contributed by atoms with Crippen LogP contribution < -0.4 is 10.1 Å². The summed E-state index contributed by atoms with van der Waals surface area (Å²) in [5.74, 6) is 0.401. The van der Waals surface area contributed by atoms with E-state index in [1.54, 1.807) is 31.4 Å². The van der Waals surface area contributed by atoms with Crippen LogP contribution in [0.15, 0.2) is 54.7 Å². The molecule has 0 fully saturated rings. The number of rotatable bonds is 5. The molecule has 0 unspecified atom stereocenters. The van der Waals surface area contributed by atoms with Crippen LogP contribution >= 0.6 is 11.3 Å². The van der Waals surface area contributed by atoms with Crippen molar-refractivity contribution in [2.75, 3.05) is 12.4 Å². The monoisotopic (exact) mass is 378 g/mol. The number of nitrogens with zero attached hydrogens (tertiary/aromatic N) is 3. The quantitative estimate of drug-likeness (QED) is 0.572. The highest BCUT2D eigenvalue weighted by Crippen LogP contribution is 2.25. The van der Waals surface area contributed by atoms with Crippen LogP contribution in [-0.2, 0) is 13.5 Å². The number of hydrogen-bond acceptors (Lipinski definition) is 5. The largest absolute Gasteiger partial charge is 0.497 e. The number of anilines is 1. The fourth-order valence-electron chi connectivity index (χ4n) is 3.04. The zero-order valence-corrected chi connectivity index (χ0v) is 15.8. The highest BCUT2D eigenvalue weighted by Gasteiger charge is 2.13. The van der Waals surface area contributed by atoms with Crippen molar-refractivity contribution in [3.8, 4) is 5.75 Å². The summed E-state index contributed by atoms with van der Waals surface area (Å²) < 4.78 is 7.26. The standard InChI is InChI=1S/C20H18N4O2S/c1-24-12-14(16-8-3-4-9-17(16)24)11-18-22-23-20(27-18)21-19(25)13-6-5-7-15(10-13)26-2/h3-10,12H,11H2,1-2H3,(H,21,23,25). The first-order valence-corrected chi connectivity index (χ1v) is 9.26. The van der Waals surface area contributed by atoms with Crippen molar-refractivity contribution in [3.63, 3.8) is 0 Å². The predicted molar refractivity (Wildman–Crippen MR) is 107 cm³/mol. The summed E-state index contributed by atoms with van der Waals surface area (Å²) >= 11 is 1.38. The third-order valence-electron chi connectivity index (χ3n) is 4.34. The number of para-hydroxylation sites is 1. The molecule has 0 aliphatic heterocycles. The van der Waals surface area contributed by atoms with E-state index in [1.165, 1.54) is 27.8 Å². The molecule has 2 aromatic carbocycles. The van der Waals surface area contributed by atoms with Gasteiger partial charge in [-0.3, -0.25) is 10.1 Å². The summed E-state index contributed by atoms with van der Waals surface area (Å²) in [6.45, 7) is 0. The van der Waals surface area contributed by atoms with Crippen molar-refractivity contribution in [1.29, 1.82) is 0 Å². The van der Waals surface area contributed by atoms with Crippen LogP contribution in [0.3, 0.4) is 0 Å². The Labute approximate surface area is 160 Å². The van der Waals surface area contributed by atoms with Gasteiger partial charge < -0.3 is 9.30 Å². The molecular weight excluding hydrogens is 360 g/mol. The van der Waals surface area contributed by atoms with E-state index in [4.69, 9.17) is 4.74 Å². The molecule has 2 aromatic heterocycles. The van der Waals surface area contributed by atoms with Gasteiger partial charge in [-0.25, -0.2) is 0 Å². The summed E-state index contributed by atoms with van der Waals surface area (Å²) in [6, 6.07) is 15.3. The zero-order chi connectivity index (χ0) is 18.8. The van der Waals surface area contributed by atoms with E-state index in [9.17, 15) is 4.79 Å². The zero-order valence-electron chi connectivity index (χ0n) is 15.0. The summed E-state index contributed by atoms with van der Waals surface area (Å²) in [7, 11) is 3.60. The van der Waals surface area contributed by atoms with Crippen LogP contribution in [-0.4, -0.2) is 27.8 Å². The minimum absolute atomic E-state index is 0.234. The van der Waals surface area contributed by atoms with Gasteiger partial charge in [-0.2, -0.15) is 0 Å². The van der Waals surface area contributed by atoms with Crippen LogP contribution in [0.1, 0.15) is 20.9 Å². The molecule has 7 heteroatoms. The van der Waals surface area contributed by atoms with Gasteiger partial charge in [0, 0.05) is 36.1 Å². The Morgan fingerprint density at radius 2 is 2.04 bits per heavy atom. The molecular formula is C20H18N4O2S. The summed E-state index contributed by atoms with van der Waals surface area (Å²) in [5, 5.41) is 13.7. The Balaban J connectivity index is 1.50. The van der Waals surface area contributed by atoms with E-state index in [0.717, 1.165) is 5.01 Å². The van der Waals surface area contributed by atoms with Gasteiger partial charge in [0.05, 0.1) is 7.11 Å². The number of benzene rings is 2. The average molecular weight is 378 g/mol. The maximum absolute atomic E-state index is 12.4. The number of aromatic nitrogens is 3. The highest BCUT2D eigenvalue weighted by molar-refractivity contribution is 7.15. The number of aryl methyl sites for hydroxylation is 1.